The Balaban J connectivity index is 2.01. The average molecular weight is 302 g/mol. The van der Waals surface area contributed by atoms with Gasteiger partial charge in [0.1, 0.15) is 5.82 Å². The summed E-state index contributed by atoms with van der Waals surface area (Å²) in [7, 11) is 0. The molecule has 1 saturated heterocycles. The van der Waals surface area contributed by atoms with Gasteiger partial charge in [0, 0.05) is 25.3 Å². The molecular formula is C14H21Cl2N3. The maximum absolute atomic E-state index is 6.25. The highest BCUT2D eigenvalue weighted by Gasteiger charge is 2.26. The van der Waals surface area contributed by atoms with Crippen molar-refractivity contribution in [1.29, 1.82) is 0 Å². The van der Waals surface area contributed by atoms with E-state index in [2.05, 4.69) is 29.0 Å². The Labute approximate surface area is 125 Å². The minimum absolute atomic E-state index is 0.477. The lowest BCUT2D eigenvalue weighted by atomic mass is 10.2. The van der Waals surface area contributed by atoms with Gasteiger partial charge in [0.15, 0.2) is 0 Å². The number of nitrogens with one attached hydrogen (secondary N) is 1. The smallest absolute Gasteiger partial charge is 0.147 e. The quantitative estimate of drug-likeness (QED) is 0.900. The van der Waals surface area contributed by atoms with Crippen LogP contribution in [0.5, 0.6) is 0 Å². The van der Waals surface area contributed by atoms with Crippen LogP contribution in [0.1, 0.15) is 26.7 Å². The summed E-state index contributed by atoms with van der Waals surface area (Å²) in [6.07, 6.45) is 4.04. The van der Waals surface area contributed by atoms with Crippen LogP contribution < -0.4 is 10.2 Å². The number of rotatable bonds is 5. The largest absolute Gasteiger partial charge is 0.351 e. The summed E-state index contributed by atoms with van der Waals surface area (Å²) >= 11 is 12.2. The highest BCUT2D eigenvalue weighted by molar-refractivity contribution is 6.36. The Morgan fingerprint density at radius 3 is 2.95 bits per heavy atom. The van der Waals surface area contributed by atoms with E-state index >= 15 is 0 Å². The van der Waals surface area contributed by atoms with Crippen LogP contribution in [0.25, 0.3) is 0 Å². The lowest BCUT2D eigenvalue weighted by Crippen LogP contribution is -2.39. The van der Waals surface area contributed by atoms with Gasteiger partial charge in [0.25, 0.3) is 0 Å². The van der Waals surface area contributed by atoms with E-state index in [-0.39, 0.29) is 0 Å². The lowest BCUT2D eigenvalue weighted by Gasteiger charge is -2.27. The summed E-state index contributed by atoms with van der Waals surface area (Å²) in [4.78, 5) is 6.69. The molecule has 1 fully saturated rings. The van der Waals surface area contributed by atoms with E-state index in [1.807, 2.05) is 0 Å². The summed E-state index contributed by atoms with van der Waals surface area (Å²) in [5.41, 5.74) is 0. The molecule has 0 spiro atoms. The lowest BCUT2D eigenvalue weighted by molar-refractivity contribution is 0.511. The summed E-state index contributed by atoms with van der Waals surface area (Å²) < 4.78 is 0. The van der Waals surface area contributed by atoms with E-state index in [4.69, 9.17) is 23.2 Å². The van der Waals surface area contributed by atoms with E-state index in [9.17, 15) is 0 Å². The van der Waals surface area contributed by atoms with Gasteiger partial charge in [-0.05, 0) is 31.4 Å². The molecule has 1 aliphatic heterocycles. The molecular weight excluding hydrogens is 281 g/mol. The predicted octanol–water partition coefficient (Wildman–Crippen LogP) is 3.60. The van der Waals surface area contributed by atoms with Crippen LogP contribution >= 0.6 is 23.2 Å². The molecule has 19 heavy (non-hydrogen) atoms. The normalized spacial score (nSPS) is 19.4. The molecule has 0 aliphatic carbocycles. The molecule has 1 aromatic heterocycles. The van der Waals surface area contributed by atoms with Crippen LogP contribution in [-0.4, -0.2) is 30.7 Å². The first-order valence-electron chi connectivity index (χ1n) is 6.86. The molecule has 0 saturated carbocycles. The zero-order chi connectivity index (χ0) is 13.8. The maximum Gasteiger partial charge on any atom is 0.147 e. The van der Waals surface area contributed by atoms with E-state index in [1.54, 1.807) is 12.3 Å². The summed E-state index contributed by atoms with van der Waals surface area (Å²) in [6.45, 7) is 7.49. The van der Waals surface area contributed by atoms with Gasteiger partial charge in [-0.3, -0.25) is 0 Å². The molecule has 2 heterocycles. The van der Waals surface area contributed by atoms with Crippen LogP contribution in [0, 0.1) is 5.92 Å². The van der Waals surface area contributed by atoms with Crippen molar-refractivity contribution in [3.05, 3.63) is 22.3 Å². The second kappa shape index (κ2) is 6.78. The van der Waals surface area contributed by atoms with Crippen molar-refractivity contribution in [2.75, 3.05) is 24.5 Å². The van der Waals surface area contributed by atoms with E-state index < -0.39 is 0 Å². The monoisotopic (exact) mass is 301 g/mol. The van der Waals surface area contributed by atoms with Gasteiger partial charge in [0.05, 0.1) is 10.0 Å². The second-order valence-electron chi connectivity index (χ2n) is 5.50. The third-order valence-electron chi connectivity index (χ3n) is 3.37. The fourth-order valence-electron chi connectivity index (χ4n) is 2.48. The van der Waals surface area contributed by atoms with Crippen molar-refractivity contribution < 1.29 is 0 Å². The number of nitrogens with zero attached hydrogens (tertiary/aromatic N) is 2. The molecule has 0 radical (unpaired) electrons. The maximum atomic E-state index is 6.25. The minimum atomic E-state index is 0.477. The number of halogens is 2. The summed E-state index contributed by atoms with van der Waals surface area (Å²) in [5, 5.41) is 4.75. The molecule has 0 aromatic carbocycles. The zero-order valence-electron chi connectivity index (χ0n) is 11.5. The van der Waals surface area contributed by atoms with E-state index in [0.29, 0.717) is 22.0 Å². The molecule has 1 aliphatic rings. The predicted molar refractivity (Wildman–Crippen MR) is 82.3 cm³/mol. The molecule has 5 heteroatoms. The zero-order valence-corrected chi connectivity index (χ0v) is 13.0. The Kier molecular flexibility index (Phi) is 5.31. The summed E-state index contributed by atoms with van der Waals surface area (Å²) in [6, 6.07) is 2.24. The minimum Gasteiger partial charge on any atom is -0.351 e. The number of aromatic nitrogens is 1. The van der Waals surface area contributed by atoms with Gasteiger partial charge in [-0.1, -0.05) is 37.0 Å². The summed E-state index contributed by atoms with van der Waals surface area (Å²) in [5.74, 6) is 1.53. The fourth-order valence-corrected chi connectivity index (χ4v) is 2.97. The van der Waals surface area contributed by atoms with Gasteiger partial charge < -0.3 is 10.2 Å². The number of hydrogen-bond acceptors (Lipinski definition) is 3. The van der Waals surface area contributed by atoms with Crippen molar-refractivity contribution >= 4 is 29.0 Å². The van der Waals surface area contributed by atoms with Crippen molar-refractivity contribution in [2.24, 2.45) is 5.92 Å². The van der Waals surface area contributed by atoms with Gasteiger partial charge >= 0.3 is 0 Å². The van der Waals surface area contributed by atoms with Gasteiger partial charge in [0.2, 0.25) is 0 Å². The first-order valence-corrected chi connectivity index (χ1v) is 7.62. The molecule has 0 amide bonds. The van der Waals surface area contributed by atoms with Crippen molar-refractivity contribution in [3.63, 3.8) is 0 Å². The molecule has 106 valence electrons. The third-order valence-corrected chi connectivity index (χ3v) is 3.85. The SMILES string of the molecule is CC(C)CNCC1CCCN1c1ncc(Cl)cc1Cl. The van der Waals surface area contributed by atoms with Crippen LogP contribution in [0.2, 0.25) is 10.0 Å². The molecule has 1 unspecified atom stereocenters. The molecule has 1 N–H and O–H groups in total. The number of hydrogen-bond donors (Lipinski definition) is 1. The number of pyridine rings is 1. The first-order chi connectivity index (χ1) is 9.08. The Morgan fingerprint density at radius 2 is 2.26 bits per heavy atom. The topological polar surface area (TPSA) is 28.2 Å². The van der Waals surface area contributed by atoms with Crippen LogP contribution in [-0.2, 0) is 0 Å². The van der Waals surface area contributed by atoms with Crippen molar-refractivity contribution in [1.82, 2.24) is 10.3 Å². The van der Waals surface area contributed by atoms with Gasteiger partial charge in [-0.25, -0.2) is 4.98 Å². The highest BCUT2D eigenvalue weighted by Crippen LogP contribution is 2.31. The second-order valence-corrected chi connectivity index (χ2v) is 6.34. The first kappa shape index (κ1) is 14.9. The van der Waals surface area contributed by atoms with Gasteiger partial charge in [-0.15, -0.1) is 0 Å². The Bertz CT molecular complexity index is 423. The molecule has 2 rings (SSSR count). The molecule has 1 aromatic rings. The van der Waals surface area contributed by atoms with Gasteiger partial charge in [-0.2, -0.15) is 0 Å². The van der Waals surface area contributed by atoms with Crippen LogP contribution in [0.15, 0.2) is 12.3 Å². The molecule has 3 nitrogen and oxygen atoms in total. The van der Waals surface area contributed by atoms with Crippen LogP contribution in [0.3, 0.4) is 0 Å². The average Bonchev–Trinajstić information content (AvgIpc) is 2.77. The van der Waals surface area contributed by atoms with Crippen molar-refractivity contribution in [2.45, 2.75) is 32.7 Å². The molecule has 1 atom stereocenters. The Hall–Kier alpha value is -0.510. The van der Waals surface area contributed by atoms with E-state index in [0.717, 1.165) is 25.5 Å². The van der Waals surface area contributed by atoms with Crippen molar-refractivity contribution in [3.8, 4) is 0 Å². The number of anilines is 1. The highest BCUT2D eigenvalue weighted by atomic mass is 35.5. The van der Waals surface area contributed by atoms with Crippen LogP contribution in [0.4, 0.5) is 5.82 Å². The van der Waals surface area contributed by atoms with E-state index in [1.165, 1.54) is 12.8 Å². The fraction of sp³-hybridized carbons (Fsp3) is 0.643. The third kappa shape index (κ3) is 3.98. The molecule has 0 bridgehead atoms. The Morgan fingerprint density at radius 1 is 1.47 bits per heavy atom. The standard InChI is InChI=1S/C14H21Cl2N3/c1-10(2)7-17-9-12-4-3-5-19(12)14-13(16)6-11(15)8-18-14/h6,8,10,12,17H,3-5,7,9H2,1-2H3.